The molecule has 14 heavy (non-hydrogen) atoms. The van der Waals surface area contributed by atoms with Gasteiger partial charge in [-0.15, -0.1) is 0 Å². The summed E-state index contributed by atoms with van der Waals surface area (Å²) in [6.45, 7) is 3.82. The lowest BCUT2D eigenvalue weighted by atomic mass is 9.95. The van der Waals surface area contributed by atoms with Gasteiger partial charge in [0.1, 0.15) is 0 Å². The van der Waals surface area contributed by atoms with Crippen molar-refractivity contribution < 1.29 is 9.84 Å². The van der Waals surface area contributed by atoms with Crippen LogP contribution in [-0.2, 0) is 5.54 Å². The van der Waals surface area contributed by atoms with Crippen LogP contribution in [0.3, 0.4) is 0 Å². The second kappa shape index (κ2) is 3.94. The van der Waals surface area contributed by atoms with E-state index in [0.717, 1.165) is 9.13 Å². The summed E-state index contributed by atoms with van der Waals surface area (Å²) in [5.74, 6) is 0.631. The SMILES string of the molecule is COc1cc(C(C)(C)N)cc(I)c1O. The van der Waals surface area contributed by atoms with Crippen LogP contribution in [0.2, 0.25) is 0 Å². The summed E-state index contributed by atoms with van der Waals surface area (Å²) < 4.78 is 5.80. The molecule has 0 radical (unpaired) electrons. The number of rotatable bonds is 2. The van der Waals surface area contributed by atoms with Gasteiger partial charge in [0.05, 0.1) is 10.7 Å². The monoisotopic (exact) mass is 307 g/mol. The molecule has 3 nitrogen and oxygen atoms in total. The molecule has 0 aromatic heterocycles. The summed E-state index contributed by atoms with van der Waals surface area (Å²) in [4.78, 5) is 0. The Morgan fingerprint density at radius 1 is 1.43 bits per heavy atom. The highest BCUT2D eigenvalue weighted by Crippen LogP contribution is 2.34. The number of aromatic hydroxyl groups is 1. The Morgan fingerprint density at radius 3 is 2.43 bits per heavy atom. The number of hydrogen-bond acceptors (Lipinski definition) is 3. The van der Waals surface area contributed by atoms with E-state index >= 15 is 0 Å². The third-order valence-corrected chi connectivity index (χ3v) is 2.81. The van der Waals surface area contributed by atoms with Gasteiger partial charge in [0.2, 0.25) is 0 Å². The fraction of sp³-hybridized carbons (Fsp3) is 0.400. The number of phenolic OH excluding ortho intramolecular Hbond substituents is 1. The summed E-state index contributed by atoms with van der Waals surface area (Å²) in [5.41, 5.74) is 6.47. The molecular formula is C10H14INO2. The molecule has 78 valence electrons. The van der Waals surface area contributed by atoms with Gasteiger partial charge in [-0.3, -0.25) is 0 Å². The summed E-state index contributed by atoms with van der Waals surface area (Å²) in [6, 6.07) is 3.62. The second-order valence-corrected chi connectivity index (χ2v) is 4.89. The zero-order valence-corrected chi connectivity index (χ0v) is 10.6. The molecule has 0 aliphatic heterocycles. The topological polar surface area (TPSA) is 55.5 Å². The zero-order chi connectivity index (χ0) is 10.9. The molecule has 0 unspecified atom stereocenters. The largest absolute Gasteiger partial charge is 0.504 e. The highest BCUT2D eigenvalue weighted by Gasteiger charge is 2.18. The van der Waals surface area contributed by atoms with Crippen LogP contribution in [0.4, 0.5) is 0 Å². The predicted molar refractivity (Wildman–Crippen MR) is 64.6 cm³/mol. The van der Waals surface area contributed by atoms with Crippen LogP contribution in [0.15, 0.2) is 12.1 Å². The van der Waals surface area contributed by atoms with Gasteiger partial charge >= 0.3 is 0 Å². The number of nitrogens with two attached hydrogens (primary N) is 1. The molecule has 0 spiro atoms. The first-order chi connectivity index (χ1) is 6.36. The maximum atomic E-state index is 9.61. The van der Waals surface area contributed by atoms with Crippen molar-refractivity contribution in [2.75, 3.05) is 7.11 Å². The molecule has 4 heteroatoms. The van der Waals surface area contributed by atoms with Crippen molar-refractivity contribution >= 4 is 22.6 Å². The Balaban J connectivity index is 3.30. The number of benzene rings is 1. The second-order valence-electron chi connectivity index (χ2n) is 3.73. The van der Waals surface area contributed by atoms with E-state index in [1.54, 1.807) is 6.07 Å². The minimum atomic E-state index is -0.430. The summed E-state index contributed by atoms with van der Waals surface area (Å²) in [7, 11) is 1.53. The lowest BCUT2D eigenvalue weighted by molar-refractivity contribution is 0.369. The third-order valence-electron chi connectivity index (χ3n) is 1.99. The van der Waals surface area contributed by atoms with Gasteiger partial charge in [-0.25, -0.2) is 0 Å². The van der Waals surface area contributed by atoms with Gasteiger partial charge in [0.15, 0.2) is 11.5 Å². The van der Waals surface area contributed by atoms with Crippen LogP contribution in [0.25, 0.3) is 0 Å². The Morgan fingerprint density at radius 2 is 2.00 bits per heavy atom. The minimum absolute atomic E-state index is 0.168. The minimum Gasteiger partial charge on any atom is -0.504 e. The van der Waals surface area contributed by atoms with Crippen molar-refractivity contribution in [2.45, 2.75) is 19.4 Å². The van der Waals surface area contributed by atoms with Crippen molar-refractivity contribution in [2.24, 2.45) is 5.73 Å². The van der Waals surface area contributed by atoms with E-state index < -0.39 is 5.54 Å². The van der Waals surface area contributed by atoms with Gasteiger partial charge in [0.25, 0.3) is 0 Å². The van der Waals surface area contributed by atoms with E-state index in [-0.39, 0.29) is 5.75 Å². The maximum absolute atomic E-state index is 9.61. The highest BCUT2D eigenvalue weighted by molar-refractivity contribution is 14.1. The quantitative estimate of drug-likeness (QED) is 0.824. The Hall–Kier alpha value is -0.490. The standard InChI is InChI=1S/C10H14INO2/c1-10(2,12)6-4-7(11)9(13)8(5-6)14-3/h4-5,13H,12H2,1-3H3. The highest BCUT2D eigenvalue weighted by atomic mass is 127. The van der Waals surface area contributed by atoms with E-state index in [9.17, 15) is 5.11 Å². The fourth-order valence-corrected chi connectivity index (χ4v) is 1.70. The van der Waals surface area contributed by atoms with E-state index in [1.165, 1.54) is 7.11 Å². The predicted octanol–water partition coefficient (Wildman–Crippen LogP) is 2.20. The Labute approximate surface area is 97.4 Å². The number of halogens is 1. The van der Waals surface area contributed by atoms with Crippen molar-refractivity contribution in [1.82, 2.24) is 0 Å². The van der Waals surface area contributed by atoms with Gasteiger partial charge < -0.3 is 15.6 Å². The maximum Gasteiger partial charge on any atom is 0.171 e. The molecule has 1 rings (SSSR count). The van der Waals surface area contributed by atoms with Gasteiger partial charge in [-0.1, -0.05) is 0 Å². The summed E-state index contributed by atoms with van der Waals surface area (Å²) in [6.07, 6.45) is 0. The molecule has 0 aliphatic rings. The van der Waals surface area contributed by atoms with Crippen molar-refractivity contribution in [3.05, 3.63) is 21.3 Å². The average Bonchev–Trinajstić information content (AvgIpc) is 2.07. The zero-order valence-electron chi connectivity index (χ0n) is 8.47. The normalized spacial score (nSPS) is 11.5. The van der Waals surface area contributed by atoms with Crippen LogP contribution in [-0.4, -0.2) is 12.2 Å². The molecule has 0 amide bonds. The smallest absolute Gasteiger partial charge is 0.171 e. The van der Waals surface area contributed by atoms with Crippen LogP contribution in [0, 0.1) is 3.57 Å². The molecule has 1 aromatic carbocycles. The Bertz CT molecular complexity index is 345. The molecule has 3 N–H and O–H groups in total. The van der Waals surface area contributed by atoms with E-state index in [2.05, 4.69) is 22.6 Å². The number of hydrogen-bond donors (Lipinski definition) is 2. The van der Waals surface area contributed by atoms with E-state index in [1.807, 2.05) is 19.9 Å². The number of phenols is 1. The van der Waals surface area contributed by atoms with Crippen molar-refractivity contribution in [1.29, 1.82) is 0 Å². The first-order valence-electron chi connectivity index (χ1n) is 4.22. The van der Waals surface area contributed by atoms with Crippen LogP contribution >= 0.6 is 22.6 Å². The lowest BCUT2D eigenvalue weighted by Gasteiger charge is -2.20. The van der Waals surface area contributed by atoms with Gasteiger partial charge in [0, 0.05) is 5.54 Å². The Kier molecular flexibility index (Phi) is 3.26. The van der Waals surface area contributed by atoms with Crippen LogP contribution < -0.4 is 10.5 Å². The molecule has 0 aliphatic carbocycles. The summed E-state index contributed by atoms with van der Waals surface area (Å²) in [5, 5.41) is 9.61. The van der Waals surface area contributed by atoms with Gasteiger partial charge in [-0.05, 0) is 54.1 Å². The fourth-order valence-electron chi connectivity index (χ4n) is 1.10. The molecule has 0 heterocycles. The molecule has 0 bridgehead atoms. The molecule has 0 saturated heterocycles. The molecule has 1 aromatic rings. The van der Waals surface area contributed by atoms with Crippen molar-refractivity contribution in [3.63, 3.8) is 0 Å². The molecule has 0 fully saturated rings. The van der Waals surface area contributed by atoms with Crippen LogP contribution in [0.1, 0.15) is 19.4 Å². The number of methoxy groups -OCH3 is 1. The van der Waals surface area contributed by atoms with E-state index in [4.69, 9.17) is 10.5 Å². The third kappa shape index (κ3) is 2.30. The lowest BCUT2D eigenvalue weighted by Crippen LogP contribution is -2.28. The molecular weight excluding hydrogens is 293 g/mol. The van der Waals surface area contributed by atoms with Crippen LogP contribution in [0.5, 0.6) is 11.5 Å². The number of ether oxygens (including phenoxy) is 1. The molecule has 0 atom stereocenters. The molecule has 0 saturated carbocycles. The van der Waals surface area contributed by atoms with E-state index in [0.29, 0.717) is 5.75 Å². The first kappa shape index (κ1) is 11.6. The first-order valence-corrected chi connectivity index (χ1v) is 5.30. The van der Waals surface area contributed by atoms with Crippen molar-refractivity contribution in [3.8, 4) is 11.5 Å². The summed E-state index contributed by atoms with van der Waals surface area (Å²) >= 11 is 2.05. The average molecular weight is 307 g/mol. The van der Waals surface area contributed by atoms with Gasteiger partial charge in [-0.2, -0.15) is 0 Å².